The van der Waals surface area contributed by atoms with Crippen LogP contribution in [-0.4, -0.2) is 32.4 Å². The number of hydrogen-bond donors (Lipinski definition) is 1. The van der Waals surface area contributed by atoms with E-state index in [1.165, 1.54) is 43.1 Å². The lowest BCUT2D eigenvalue weighted by Gasteiger charge is -2.19. The fraction of sp³-hybridized carbons (Fsp3) is 0.600. The van der Waals surface area contributed by atoms with Crippen LogP contribution in [0.1, 0.15) is 19.8 Å². The Kier molecular flexibility index (Phi) is 5.39. The first-order valence-corrected chi connectivity index (χ1v) is 8.15. The molecule has 18 heavy (non-hydrogen) atoms. The van der Waals surface area contributed by atoms with E-state index in [9.17, 15) is 0 Å². The van der Waals surface area contributed by atoms with Crippen LogP contribution in [0.15, 0.2) is 29.2 Å². The molecule has 1 aliphatic rings. The largest absolute Gasteiger partial charge is 0.371 e. The zero-order valence-electron chi connectivity index (χ0n) is 11.5. The van der Waals surface area contributed by atoms with Gasteiger partial charge in [-0.15, -0.1) is 11.8 Å². The topological polar surface area (TPSA) is 15.3 Å². The summed E-state index contributed by atoms with van der Waals surface area (Å²) in [5.41, 5.74) is 1.38. The molecule has 1 fully saturated rings. The van der Waals surface area contributed by atoms with Crippen LogP contribution in [0.3, 0.4) is 0 Å². The quantitative estimate of drug-likeness (QED) is 0.627. The zero-order valence-corrected chi connectivity index (χ0v) is 12.3. The van der Waals surface area contributed by atoms with Gasteiger partial charge in [0, 0.05) is 23.7 Å². The first-order chi connectivity index (χ1) is 8.83. The Balaban J connectivity index is 1.83. The summed E-state index contributed by atoms with van der Waals surface area (Å²) in [5, 5.41) is 3.54. The van der Waals surface area contributed by atoms with Crippen molar-refractivity contribution in [2.24, 2.45) is 5.92 Å². The molecule has 0 amide bonds. The highest BCUT2D eigenvalue weighted by Crippen LogP contribution is 2.25. The molecule has 100 valence electrons. The van der Waals surface area contributed by atoms with Crippen LogP contribution in [0.4, 0.5) is 5.69 Å². The summed E-state index contributed by atoms with van der Waals surface area (Å²) in [7, 11) is 0. The molecule has 1 aromatic rings. The molecule has 1 atom stereocenters. The maximum Gasteiger partial charge on any atom is 0.0367 e. The summed E-state index contributed by atoms with van der Waals surface area (Å²) in [5.74, 6) is 0.816. The van der Waals surface area contributed by atoms with Crippen molar-refractivity contribution >= 4 is 17.4 Å². The number of rotatable bonds is 6. The van der Waals surface area contributed by atoms with Crippen LogP contribution in [-0.2, 0) is 0 Å². The number of nitrogens with zero attached hydrogens (tertiary/aromatic N) is 1. The van der Waals surface area contributed by atoms with Gasteiger partial charge in [-0.05, 0) is 62.4 Å². The molecule has 1 saturated heterocycles. The van der Waals surface area contributed by atoms with Gasteiger partial charge in [0.25, 0.3) is 0 Å². The van der Waals surface area contributed by atoms with E-state index < -0.39 is 0 Å². The van der Waals surface area contributed by atoms with Crippen molar-refractivity contribution in [1.82, 2.24) is 5.32 Å². The molecule has 0 bridgehead atoms. The van der Waals surface area contributed by atoms with Crippen molar-refractivity contribution in [3.63, 3.8) is 0 Å². The number of anilines is 1. The van der Waals surface area contributed by atoms with Crippen LogP contribution in [0.5, 0.6) is 0 Å². The molecular formula is C15H24N2S. The van der Waals surface area contributed by atoms with E-state index in [1.54, 1.807) is 11.8 Å². The second-order valence-electron chi connectivity index (χ2n) is 5.00. The van der Waals surface area contributed by atoms with Crippen LogP contribution in [0.2, 0.25) is 0 Å². The molecule has 2 rings (SSSR count). The van der Waals surface area contributed by atoms with E-state index in [2.05, 4.69) is 47.7 Å². The van der Waals surface area contributed by atoms with Gasteiger partial charge >= 0.3 is 0 Å². The average Bonchev–Trinajstić information content (AvgIpc) is 2.88. The van der Waals surface area contributed by atoms with Crippen molar-refractivity contribution in [2.45, 2.75) is 24.7 Å². The standard InChI is InChI=1S/C15H24N2S/c1-3-9-16-11-13-8-10-17(12-13)14-4-6-15(18-2)7-5-14/h4-7,13,16H,3,8-12H2,1-2H3. The Bertz CT molecular complexity index is 350. The fourth-order valence-electron chi connectivity index (χ4n) is 2.51. The second kappa shape index (κ2) is 7.05. The summed E-state index contributed by atoms with van der Waals surface area (Å²) in [6, 6.07) is 8.96. The van der Waals surface area contributed by atoms with Crippen molar-refractivity contribution in [2.75, 3.05) is 37.3 Å². The zero-order chi connectivity index (χ0) is 12.8. The molecule has 0 radical (unpaired) electrons. The molecule has 1 heterocycles. The number of thioether (sulfide) groups is 1. The lowest BCUT2D eigenvalue weighted by molar-refractivity contribution is 0.516. The lowest BCUT2D eigenvalue weighted by atomic mass is 10.1. The maximum absolute atomic E-state index is 3.54. The van der Waals surface area contributed by atoms with E-state index in [0.717, 1.165) is 12.5 Å². The summed E-state index contributed by atoms with van der Waals surface area (Å²) >= 11 is 1.81. The lowest BCUT2D eigenvalue weighted by Crippen LogP contribution is -2.26. The first kappa shape index (κ1) is 13.8. The normalized spacial score (nSPS) is 19.4. The Morgan fingerprint density at radius 2 is 2.11 bits per heavy atom. The van der Waals surface area contributed by atoms with Gasteiger partial charge < -0.3 is 10.2 Å². The minimum absolute atomic E-state index is 0.816. The highest BCUT2D eigenvalue weighted by molar-refractivity contribution is 7.98. The summed E-state index contributed by atoms with van der Waals surface area (Å²) in [6.07, 6.45) is 4.67. The molecule has 0 aliphatic carbocycles. The van der Waals surface area contributed by atoms with E-state index in [-0.39, 0.29) is 0 Å². The van der Waals surface area contributed by atoms with Crippen LogP contribution >= 0.6 is 11.8 Å². The van der Waals surface area contributed by atoms with Gasteiger partial charge in [-0.25, -0.2) is 0 Å². The van der Waals surface area contributed by atoms with Crippen molar-refractivity contribution in [1.29, 1.82) is 0 Å². The van der Waals surface area contributed by atoms with Crippen molar-refractivity contribution in [3.05, 3.63) is 24.3 Å². The molecule has 1 N–H and O–H groups in total. The van der Waals surface area contributed by atoms with Crippen LogP contribution < -0.4 is 10.2 Å². The smallest absolute Gasteiger partial charge is 0.0367 e. The van der Waals surface area contributed by atoms with Gasteiger partial charge in [-0.1, -0.05) is 6.92 Å². The molecule has 1 aromatic carbocycles. The van der Waals surface area contributed by atoms with E-state index in [0.29, 0.717) is 0 Å². The van der Waals surface area contributed by atoms with Gasteiger partial charge in [0.05, 0.1) is 0 Å². The third-order valence-electron chi connectivity index (χ3n) is 3.58. The second-order valence-corrected chi connectivity index (χ2v) is 5.88. The minimum atomic E-state index is 0.816. The molecule has 0 saturated carbocycles. The average molecular weight is 264 g/mol. The molecule has 2 nitrogen and oxygen atoms in total. The Labute approximate surface area is 115 Å². The van der Waals surface area contributed by atoms with Gasteiger partial charge in [-0.3, -0.25) is 0 Å². The molecule has 1 unspecified atom stereocenters. The third kappa shape index (κ3) is 3.66. The van der Waals surface area contributed by atoms with Gasteiger partial charge in [-0.2, -0.15) is 0 Å². The van der Waals surface area contributed by atoms with Gasteiger partial charge in [0.1, 0.15) is 0 Å². The monoisotopic (exact) mass is 264 g/mol. The summed E-state index contributed by atoms with van der Waals surface area (Å²) in [6.45, 7) is 6.96. The summed E-state index contributed by atoms with van der Waals surface area (Å²) in [4.78, 5) is 3.86. The number of hydrogen-bond acceptors (Lipinski definition) is 3. The predicted molar refractivity (Wildman–Crippen MR) is 81.7 cm³/mol. The first-order valence-electron chi connectivity index (χ1n) is 6.93. The number of benzene rings is 1. The fourth-order valence-corrected chi connectivity index (χ4v) is 2.92. The Morgan fingerprint density at radius 3 is 2.78 bits per heavy atom. The molecule has 0 aromatic heterocycles. The van der Waals surface area contributed by atoms with Crippen molar-refractivity contribution < 1.29 is 0 Å². The minimum Gasteiger partial charge on any atom is -0.371 e. The highest BCUT2D eigenvalue weighted by atomic mass is 32.2. The van der Waals surface area contributed by atoms with Gasteiger partial charge in [0.15, 0.2) is 0 Å². The Morgan fingerprint density at radius 1 is 1.33 bits per heavy atom. The maximum atomic E-state index is 3.54. The van der Waals surface area contributed by atoms with E-state index in [4.69, 9.17) is 0 Å². The summed E-state index contributed by atoms with van der Waals surface area (Å²) < 4.78 is 0. The van der Waals surface area contributed by atoms with Crippen LogP contribution in [0, 0.1) is 5.92 Å². The predicted octanol–water partition coefficient (Wildman–Crippen LogP) is 3.23. The third-order valence-corrected chi connectivity index (χ3v) is 4.33. The van der Waals surface area contributed by atoms with E-state index in [1.807, 2.05) is 0 Å². The molecule has 1 aliphatic heterocycles. The SMILES string of the molecule is CCCNCC1CCN(c2ccc(SC)cc2)C1. The molecule has 0 spiro atoms. The highest BCUT2D eigenvalue weighted by Gasteiger charge is 2.21. The number of nitrogens with one attached hydrogen (secondary N) is 1. The Hall–Kier alpha value is -0.670. The van der Waals surface area contributed by atoms with Gasteiger partial charge in [0.2, 0.25) is 0 Å². The molecular weight excluding hydrogens is 240 g/mol. The molecule has 3 heteroatoms. The van der Waals surface area contributed by atoms with E-state index >= 15 is 0 Å². The van der Waals surface area contributed by atoms with Crippen molar-refractivity contribution in [3.8, 4) is 0 Å². The van der Waals surface area contributed by atoms with Crippen LogP contribution in [0.25, 0.3) is 0 Å².